The number of hydrogen-bond acceptors (Lipinski definition) is 19. The van der Waals surface area contributed by atoms with Crippen molar-refractivity contribution in [1.82, 2.24) is 68.0 Å². The molecule has 0 spiro atoms. The highest BCUT2D eigenvalue weighted by atomic mass is 16.4. The molecule has 34 nitrogen and oxygen atoms in total. The van der Waals surface area contributed by atoms with Crippen molar-refractivity contribution in [2.45, 2.75) is 166 Å². The number of nitrogens with one attached hydrogen (secondary N) is 11. The third-order valence-electron chi connectivity index (χ3n) is 14.1. The van der Waals surface area contributed by atoms with E-state index >= 15 is 0 Å². The van der Waals surface area contributed by atoms with Crippen LogP contribution in [0.25, 0.3) is 0 Å². The highest BCUT2D eigenvalue weighted by molar-refractivity contribution is 6.38. The van der Waals surface area contributed by atoms with Gasteiger partial charge in [0.2, 0.25) is 70.8 Å². The molecule has 3 rings (SSSR count). The zero-order valence-electron chi connectivity index (χ0n) is 50.6. The number of H-pyrrole nitrogens is 1. The van der Waals surface area contributed by atoms with E-state index in [0.717, 1.165) is 6.92 Å². The summed E-state index contributed by atoms with van der Waals surface area (Å²) < 4.78 is 0. The van der Waals surface area contributed by atoms with Crippen molar-refractivity contribution in [1.29, 1.82) is 0 Å². The fourth-order valence-electron chi connectivity index (χ4n) is 9.22. The van der Waals surface area contributed by atoms with Gasteiger partial charge in [-0.15, -0.1) is 0 Å². The van der Waals surface area contributed by atoms with Crippen molar-refractivity contribution < 1.29 is 97.5 Å². The van der Waals surface area contributed by atoms with Gasteiger partial charge in [-0.1, -0.05) is 53.2 Å². The molecule has 1 aromatic carbocycles. The Bertz CT molecular complexity index is 2890. The maximum atomic E-state index is 14.3. The number of aliphatic hydroxyl groups excluding tert-OH is 2. The van der Waals surface area contributed by atoms with Crippen molar-refractivity contribution in [2.24, 2.45) is 17.6 Å². The van der Waals surface area contributed by atoms with Crippen LogP contribution in [-0.4, -0.2) is 216 Å². The lowest BCUT2D eigenvalue weighted by molar-refractivity contribution is -0.144. The Labute approximate surface area is 516 Å². The molecule has 0 aliphatic carbocycles. The van der Waals surface area contributed by atoms with Gasteiger partial charge < -0.3 is 94.3 Å². The normalized spacial score (nSPS) is 15.8. The third-order valence-corrected chi connectivity index (χ3v) is 14.1. The van der Waals surface area contributed by atoms with E-state index in [1.54, 1.807) is 34.6 Å². The van der Waals surface area contributed by atoms with Crippen molar-refractivity contribution in [2.75, 3.05) is 26.3 Å². The first kappa shape index (κ1) is 74.7. The number of likely N-dealkylation sites (tertiary alicyclic amines) is 1. The maximum Gasteiger partial charge on any atom is 0.303 e. The van der Waals surface area contributed by atoms with Crippen LogP contribution in [0.4, 0.5) is 0 Å². The number of Topliss-reactive ketones (excluding diaryl/α,β-unsaturated/α-hetero) is 1. The highest BCUT2D eigenvalue weighted by Crippen LogP contribution is 2.22. The van der Waals surface area contributed by atoms with Crippen molar-refractivity contribution >= 4 is 88.6 Å². The molecule has 12 amide bonds. The minimum atomic E-state index is -1.79. The van der Waals surface area contributed by atoms with Crippen molar-refractivity contribution in [3.63, 3.8) is 0 Å². The summed E-state index contributed by atoms with van der Waals surface area (Å²) >= 11 is 0. The predicted molar refractivity (Wildman–Crippen MR) is 312 cm³/mol. The number of aromatic nitrogens is 2. The van der Waals surface area contributed by atoms with Crippen LogP contribution in [-0.2, 0) is 84.8 Å². The van der Waals surface area contributed by atoms with Gasteiger partial charge in [-0.05, 0) is 61.6 Å². The number of imidazole rings is 1. The number of aliphatic hydroxyl groups is 2. The van der Waals surface area contributed by atoms with E-state index in [9.17, 15) is 92.3 Å². The zero-order valence-corrected chi connectivity index (χ0v) is 50.6. The van der Waals surface area contributed by atoms with Gasteiger partial charge in [0.1, 0.15) is 60.1 Å². The Morgan fingerprint density at radius 3 is 1.64 bits per heavy atom. The van der Waals surface area contributed by atoms with Crippen LogP contribution in [0.2, 0.25) is 0 Å². The van der Waals surface area contributed by atoms with E-state index < -0.39 is 200 Å². The summed E-state index contributed by atoms with van der Waals surface area (Å²) in [7, 11) is 0. The fraction of sp³-hybridized carbons (Fsp3) is 0.571. The molecule has 10 atom stereocenters. The number of ketones is 1. The number of nitrogens with two attached hydrogens (primary N) is 1. The van der Waals surface area contributed by atoms with E-state index in [2.05, 4.69) is 63.1 Å². The number of carboxylic acids is 2. The number of benzene rings is 1. The largest absolute Gasteiger partial charge is 0.508 e. The maximum absolute atomic E-state index is 14.3. The number of aromatic hydroxyl groups is 1. The molecule has 1 aromatic heterocycles. The minimum Gasteiger partial charge on any atom is -0.508 e. The molecular formula is C56H82N14O20. The van der Waals surface area contributed by atoms with Gasteiger partial charge in [-0.2, -0.15) is 0 Å². The number of phenolic OH excluding ortho intramolecular Hbond substituents is 1. The first-order valence-electron chi connectivity index (χ1n) is 28.9. The Hall–Kier alpha value is -9.60. The van der Waals surface area contributed by atoms with Crippen LogP contribution in [0.1, 0.15) is 104 Å². The van der Waals surface area contributed by atoms with Crippen molar-refractivity contribution in [3.8, 4) is 5.75 Å². The van der Waals surface area contributed by atoms with Crippen molar-refractivity contribution in [3.05, 3.63) is 48.0 Å². The second-order valence-electron chi connectivity index (χ2n) is 21.9. The summed E-state index contributed by atoms with van der Waals surface area (Å²) in [5, 5.41) is 71.8. The number of carbonyl (C=O) groups is 15. The second-order valence-corrected chi connectivity index (χ2v) is 21.9. The molecule has 34 heteroatoms. The Kier molecular flexibility index (Phi) is 30.4. The molecule has 1 aliphatic heterocycles. The van der Waals surface area contributed by atoms with Gasteiger partial charge in [0.05, 0.1) is 32.1 Å². The lowest BCUT2D eigenvalue weighted by Gasteiger charge is -2.33. The molecule has 2 aromatic rings. The third kappa shape index (κ3) is 24.2. The number of aliphatic carboxylic acids is 2. The summed E-state index contributed by atoms with van der Waals surface area (Å²) in [4.78, 5) is 205. The summed E-state index contributed by atoms with van der Waals surface area (Å²) in [6.07, 6.45) is 0.496. The second kappa shape index (κ2) is 36.6. The molecular weight excluding hydrogens is 1190 g/mol. The van der Waals surface area contributed by atoms with Crippen LogP contribution in [0.15, 0.2) is 36.8 Å². The quantitative estimate of drug-likeness (QED) is 0.0279. The lowest BCUT2D eigenvalue weighted by Crippen LogP contribution is -2.61. The molecule has 1 aliphatic rings. The Morgan fingerprint density at radius 1 is 0.622 bits per heavy atom. The summed E-state index contributed by atoms with van der Waals surface area (Å²) in [5.41, 5.74) is 5.99. The minimum absolute atomic E-state index is 0.0115. The van der Waals surface area contributed by atoms with E-state index in [4.69, 9.17) is 10.8 Å². The summed E-state index contributed by atoms with van der Waals surface area (Å²) in [5.74, 6) is -17.1. The molecule has 0 saturated carbocycles. The van der Waals surface area contributed by atoms with E-state index in [0.29, 0.717) is 11.3 Å². The van der Waals surface area contributed by atoms with Crippen LogP contribution in [0, 0.1) is 11.8 Å². The Balaban J connectivity index is 1.71. The molecule has 1 saturated heterocycles. The standard InChI is InChI=1S/C56H82N14O20/c1-7-9-33(63-53(87)40-10-8-19-70(40)56(90)45(28(4)5)69-54(88)44(27(2)3)68-49(83)35(16-18-43(78)79)64-48(82)34(61-29(6)73)15-17-42(76)77)46(80)55(89)59-23-41(75)62-39(25-72)52(86)66-37(21-31-22-58-26-60-31)51(85)65-36(20-30-11-13-32(74)14-12-30)50(84)67-38(24-71)47(57)81/h11-14,22,26-28,33-40,44-45,71-72,74H,7-10,15-21,23-25H2,1-6H3,(H2,57,81)(H,58,60)(H,59,89)(H,61,73)(H,62,75)(H,63,87)(H,64,82)(H,65,85)(H,66,86)(H,67,84)(H,68,83)(H,69,88)(H,76,77)(H,78,79)/t33-,34+,35+,36-,37-,38-,39+,40+,44+,45+/m1/s1. The van der Waals surface area contributed by atoms with Gasteiger partial charge in [-0.3, -0.25) is 71.9 Å². The number of amides is 12. The molecule has 0 unspecified atom stereocenters. The number of carbonyl (C=O) groups excluding carboxylic acids is 13. The SMILES string of the molecule is CCC[C@@H](NC(=O)[C@@H]1CCCN1C(=O)[C@@H](NC(=O)[C@@H](NC(=O)[C@H](CCC(=O)O)NC(=O)[C@H](CCC(=O)O)NC(C)=O)C(C)C)C(C)C)C(=O)C(=O)NCC(=O)N[C@@H](CO)C(=O)N[C@H](Cc1cnc[nH]1)C(=O)N[C@H](Cc1ccc(O)cc1)C(=O)N[C@H](CO)C(N)=O. The van der Waals surface area contributed by atoms with E-state index in [-0.39, 0.29) is 57.2 Å². The Morgan fingerprint density at radius 2 is 1.13 bits per heavy atom. The number of primary amides is 1. The van der Waals surface area contributed by atoms with Gasteiger partial charge in [0.15, 0.2) is 0 Å². The average molecular weight is 1270 g/mol. The average Bonchev–Trinajstić information content (AvgIpc) is 2.23. The van der Waals surface area contributed by atoms with Gasteiger partial charge in [0, 0.05) is 51.0 Å². The van der Waals surface area contributed by atoms with Gasteiger partial charge >= 0.3 is 11.9 Å². The van der Waals surface area contributed by atoms with E-state index in [1.165, 1.54) is 41.7 Å². The number of carboxylic acid groups (broad SMARTS) is 2. The first-order valence-corrected chi connectivity index (χ1v) is 28.9. The molecule has 90 heavy (non-hydrogen) atoms. The fourth-order valence-corrected chi connectivity index (χ4v) is 9.22. The molecule has 0 bridgehead atoms. The number of hydrogen-bond donors (Lipinski definition) is 17. The summed E-state index contributed by atoms with van der Waals surface area (Å²) in [6, 6.07) is -9.38. The van der Waals surface area contributed by atoms with Crippen LogP contribution in [0.5, 0.6) is 5.75 Å². The predicted octanol–water partition coefficient (Wildman–Crippen LogP) is -5.73. The molecule has 18 N–H and O–H groups in total. The van der Waals surface area contributed by atoms with Gasteiger partial charge in [0.25, 0.3) is 5.91 Å². The van der Waals surface area contributed by atoms with Crippen LogP contribution >= 0.6 is 0 Å². The number of nitrogens with zero attached hydrogens (tertiary/aromatic N) is 2. The summed E-state index contributed by atoms with van der Waals surface area (Å²) in [6.45, 7) is 6.09. The monoisotopic (exact) mass is 1270 g/mol. The molecule has 0 radical (unpaired) electrons. The van der Waals surface area contributed by atoms with Crippen LogP contribution in [0.3, 0.4) is 0 Å². The number of rotatable bonds is 38. The smallest absolute Gasteiger partial charge is 0.303 e. The zero-order chi connectivity index (χ0) is 67.5. The van der Waals surface area contributed by atoms with E-state index in [1.807, 2.05) is 0 Å². The molecule has 496 valence electrons. The first-order chi connectivity index (χ1) is 42.4. The van der Waals surface area contributed by atoms with Gasteiger partial charge in [-0.25, -0.2) is 4.98 Å². The topological polar surface area (TPSA) is 535 Å². The number of aromatic amines is 1. The molecule has 1 fully saturated rings. The number of phenols is 1. The molecule has 2 heterocycles. The van der Waals surface area contributed by atoms with Crippen LogP contribution < -0.4 is 58.9 Å². The highest BCUT2D eigenvalue weighted by Gasteiger charge is 2.42. The lowest BCUT2D eigenvalue weighted by atomic mass is 9.98.